The molecule has 4 rings (SSSR count). The maximum absolute atomic E-state index is 5.99. The Balaban J connectivity index is 1.59. The third kappa shape index (κ3) is 2.01. The van der Waals surface area contributed by atoms with Gasteiger partial charge < -0.3 is 11.1 Å². The summed E-state index contributed by atoms with van der Waals surface area (Å²) in [6.07, 6.45) is 4.50. The summed E-state index contributed by atoms with van der Waals surface area (Å²) in [5.41, 5.74) is 12.9. The molecule has 1 saturated carbocycles. The first-order chi connectivity index (χ1) is 9.79. The zero-order chi connectivity index (χ0) is 13.5. The summed E-state index contributed by atoms with van der Waals surface area (Å²) in [6, 6.07) is 16.4. The predicted molar refractivity (Wildman–Crippen MR) is 83.9 cm³/mol. The molecule has 1 fully saturated rings. The van der Waals surface area contributed by atoms with Gasteiger partial charge in [0.15, 0.2) is 0 Å². The number of rotatable bonds is 2. The first-order valence-corrected chi connectivity index (χ1v) is 7.53. The molecule has 0 amide bonds. The van der Waals surface area contributed by atoms with Crippen molar-refractivity contribution < 1.29 is 0 Å². The topological polar surface area (TPSA) is 38.0 Å². The maximum atomic E-state index is 5.99. The molecule has 2 aliphatic rings. The van der Waals surface area contributed by atoms with Gasteiger partial charge in [0.25, 0.3) is 0 Å². The van der Waals surface area contributed by atoms with E-state index in [1.807, 2.05) is 0 Å². The highest BCUT2D eigenvalue weighted by Gasteiger charge is 2.22. The summed E-state index contributed by atoms with van der Waals surface area (Å²) in [5.74, 6) is 0. The highest BCUT2D eigenvalue weighted by molar-refractivity contribution is 5.78. The van der Waals surface area contributed by atoms with Gasteiger partial charge in [0.2, 0.25) is 0 Å². The Morgan fingerprint density at radius 3 is 2.65 bits per heavy atom. The lowest BCUT2D eigenvalue weighted by Gasteiger charge is -2.15. The van der Waals surface area contributed by atoms with Gasteiger partial charge in [0, 0.05) is 17.8 Å². The zero-order valence-corrected chi connectivity index (χ0v) is 11.6. The van der Waals surface area contributed by atoms with Crippen LogP contribution < -0.4 is 11.1 Å². The van der Waals surface area contributed by atoms with Crippen molar-refractivity contribution >= 4 is 5.69 Å². The number of hydrogen-bond donors (Lipinski definition) is 2. The van der Waals surface area contributed by atoms with Crippen molar-refractivity contribution in [1.29, 1.82) is 0 Å². The SMILES string of the molecule is NC1CCC(Nc2ccc3c(c2)Cc2ccccc2-3)C1. The van der Waals surface area contributed by atoms with Crippen molar-refractivity contribution in [3.63, 3.8) is 0 Å². The van der Waals surface area contributed by atoms with Crippen molar-refractivity contribution in [1.82, 2.24) is 0 Å². The van der Waals surface area contributed by atoms with E-state index in [1.54, 1.807) is 0 Å². The Morgan fingerprint density at radius 1 is 0.950 bits per heavy atom. The van der Waals surface area contributed by atoms with Crippen LogP contribution in [-0.2, 0) is 6.42 Å². The van der Waals surface area contributed by atoms with Gasteiger partial charge in [0.1, 0.15) is 0 Å². The van der Waals surface area contributed by atoms with Gasteiger partial charge in [-0.15, -0.1) is 0 Å². The van der Waals surface area contributed by atoms with Crippen LogP contribution in [0.3, 0.4) is 0 Å². The summed E-state index contributed by atoms with van der Waals surface area (Å²) in [5, 5.41) is 3.65. The molecule has 0 radical (unpaired) electrons. The van der Waals surface area contributed by atoms with E-state index in [4.69, 9.17) is 5.73 Å². The third-order valence-electron chi connectivity index (χ3n) is 4.64. The Hall–Kier alpha value is -1.80. The normalized spacial score (nSPS) is 23.4. The number of hydrogen-bond acceptors (Lipinski definition) is 2. The van der Waals surface area contributed by atoms with Gasteiger partial charge >= 0.3 is 0 Å². The van der Waals surface area contributed by atoms with Crippen LogP contribution in [0.1, 0.15) is 30.4 Å². The number of fused-ring (bicyclic) bond motifs is 3. The lowest BCUT2D eigenvalue weighted by molar-refractivity contribution is 0.688. The molecule has 102 valence electrons. The van der Waals surface area contributed by atoms with E-state index in [0.29, 0.717) is 12.1 Å². The van der Waals surface area contributed by atoms with Crippen molar-refractivity contribution in [2.24, 2.45) is 5.73 Å². The Kier molecular flexibility index (Phi) is 2.78. The molecule has 2 aromatic rings. The highest BCUT2D eigenvalue weighted by atomic mass is 14.9. The Morgan fingerprint density at radius 2 is 1.80 bits per heavy atom. The molecule has 2 unspecified atom stereocenters. The molecule has 0 saturated heterocycles. The van der Waals surface area contributed by atoms with Crippen molar-refractivity contribution in [2.45, 2.75) is 37.8 Å². The average Bonchev–Trinajstić information content (AvgIpc) is 3.01. The van der Waals surface area contributed by atoms with E-state index in [9.17, 15) is 0 Å². The molecular weight excluding hydrogens is 244 g/mol. The van der Waals surface area contributed by atoms with Crippen LogP contribution in [0.2, 0.25) is 0 Å². The van der Waals surface area contributed by atoms with E-state index in [2.05, 4.69) is 47.8 Å². The molecule has 20 heavy (non-hydrogen) atoms. The van der Waals surface area contributed by atoms with E-state index >= 15 is 0 Å². The van der Waals surface area contributed by atoms with Gasteiger partial charge in [-0.05, 0) is 60.1 Å². The minimum atomic E-state index is 0.381. The Bertz CT molecular complexity index is 648. The Labute approximate surface area is 120 Å². The van der Waals surface area contributed by atoms with Crippen LogP contribution in [0.25, 0.3) is 11.1 Å². The second-order valence-corrected chi connectivity index (χ2v) is 6.12. The largest absolute Gasteiger partial charge is 0.382 e. The van der Waals surface area contributed by atoms with Crippen LogP contribution in [0.4, 0.5) is 5.69 Å². The molecule has 0 aliphatic heterocycles. The van der Waals surface area contributed by atoms with Gasteiger partial charge in [-0.3, -0.25) is 0 Å². The van der Waals surface area contributed by atoms with Gasteiger partial charge in [-0.25, -0.2) is 0 Å². The number of anilines is 1. The highest BCUT2D eigenvalue weighted by Crippen LogP contribution is 2.37. The quantitative estimate of drug-likeness (QED) is 0.743. The van der Waals surface area contributed by atoms with Gasteiger partial charge in [-0.2, -0.15) is 0 Å². The van der Waals surface area contributed by atoms with Crippen LogP contribution in [0.15, 0.2) is 42.5 Å². The molecule has 2 heteroatoms. The van der Waals surface area contributed by atoms with Crippen LogP contribution in [-0.4, -0.2) is 12.1 Å². The summed E-state index contributed by atoms with van der Waals surface area (Å²) < 4.78 is 0. The van der Waals surface area contributed by atoms with Gasteiger partial charge in [0.05, 0.1) is 0 Å². The summed E-state index contributed by atoms with van der Waals surface area (Å²) in [7, 11) is 0. The minimum Gasteiger partial charge on any atom is -0.382 e. The standard InChI is InChI=1S/C18H20N2/c19-14-5-6-16(11-14)20-15-7-8-18-13(10-15)9-12-3-1-2-4-17(12)18/h1-4,7-8,10,14,16,20H,5-6,9,11,19H2. The van der Waals surface area contributed by atoms with Crippen LogP contribution >= 0.6 is 0 Å². The molecule has 3 N–H and O–H groups in total. The fraction of sp³-hybridized carbons (Fsp3) is 0.333. The van der Waals surface area contributed by atoms with E-state index in [1.165, 1.54) is 34.4 Å². The van der Waals surface area contributed by atoms with Crippen LogP contribution in [0, 0.1) is 0 Å². The maximum Gasteiger partial charge on any atom is 0.0345 e. The van der Waals surface area contributed by atoms with E-state index in [0.717, 1.165) is 19.3 Å². The monoisotopic (exact) mass is 264 g/mol. The molecule has 2 nitrogen and oxygen atoms in total. The lowest BCUT2D eigenvalue weighted by atomic mass is 10.1. The minimum absolute atomic E-state index is 0.381. The third-order valence-corrected chi connectivity index (χ3v) is 4.64. The fourth-order valence-corrected chi connectivity index (χ4v) is 3.62. The molecule has 0 heterocycles. The molecule has 2 atom stereocenters. The number of benzene rings is 2. The molecular formula is C18H20N2. The predicted octanol–water partition coefficient (Wildman–Crippen LogP) is 3.55. The summed E-state index contributed by atoms with van der Waals surface area (Å²) in [4.78, 5) is 0. The molecule has 2 aromatic carbocycles. The first kappa shape index (κ1) is 12.0. The summed E-state index contributed by atoms with van der Waals surface area (Å²) in [6.45, 7) is 0. The molecule has 0 spiro atoms. The second-order valence-electron chi connectivity index (χ2n) is 6.12. The number of nitrogens with one attached hydrogen (secondary N) is 1. The molecule has 0 bridgehead atoms. The molecule has 2 aliphatic carbocycles. The zero-order valence-electron chi connectivity index (χ0n) is 11.6. The fourth-order valence-electron chi connectivity index (χ4n) is 3.62. The van der Waals surface area contributed by atoms with Crippen molar-refractivity contribution in [2.75, 3.05) is 5.32 Å². The summed E-state index contributed by atoms with van der Waals surface area (Å²) >= 11 is 0. The second kappa shape index (κ2) is 4.64. The smallest absolute Gasteiger partial charge is 0.0345 e. The average molecular weight is 264 g/mol. The lowest BCUT2D eigenvalue weighted by Crippen LogP contribution is -2.20. The van der Waals surface area contributed by atoms with Gasteiger partial charge in [-0.1, -0.05) is 30.3 Å². The van der Waals surface area contributed by atoms with Crippen molar-refractivity contribution in [3.05, 3.63) is 53.6 Å². The first-order valence-electron chi connectivity index (χ1n) is 7.53. The molecule has 0 aromatic heterocycles. The van der Waals surface area contributed by atoms with Crippen molar-refractivity contribution in [3.8, 4) is 11.1 Å². The van der Waals surface area contributed by atoms with Crippen LogP contribution in [0.5, 0.6) is 0 Å². The van der Waals surface area contributed by atoms with E-state index < -0.39 is 0 Å². The van der Waals surface area contributed by atoms with E-state index in [-0.39, 0.29) is 0 Å². The number of nitrogens with two attached hydrogens (primary N) is 1.